The average molecular weight is 166 g/mol. The molecule has 2 aliphatic rings. The van der Waals surface area contributed by atoms with Crippen LogP contribution in [0.2, 0.25) is 0 Å². The number of allylic oxidation sites excluding steroid dienone is 1. The molecule has 3 N–H and O–H groups in total. The maximum absolute atomic E-state index is 5.58. The van der Waals surface area contributed by atoms with Crippen LogP contribution < -0.4 is 11.1 Å². The van der Waals surface area contributed by atoms with Crippen molar-refractivity contribution in [3.63, 3.8) is 0 Å². The van der Waals surface area contributed by atoms with Crippen molar-refractivity contribution in [1.29, 1.82) is 0 Å². The molecule has 2 heteroatoms. The van der Waals surface area contributed by atoms with Crippen LogP contribution in [0.4, 0.5) is 0 Å². The zero-order valence-corrected chi connectivity index (χ0v) is 7.50. The summed E-state index contributed by atoms with van der Waals surface area (Å²) >= 11 is 0. The molecule has 1 aliphatic heterocycles. The minimum Gasteiger partial charge on any atom is -0.330 e. The molecule has 1 aliphatic carbocycles. The van der Waals surface area contributed by atoms with Gasteiger partial charge in [-0.3, -0.25) is 0 Å². The molecule has 0 bridgehead atoms. The quantitative estimate of drug-likeness (QED) is 0.598. The van der Waals surface area contributed by atoms with Crippen LogP contribution in [0, 0.1) is 11.8 Å². The van der Waals surface area contributed by atoms with E-state index in [0.717, 1.165) is 24.4 Å². The van der Waals surface area contributed by atoms with Crippen LogP contribution in [0.5, 0.6) is 0 Å². The van der Waals surface area contributed by atoms with Gasteiger partial charge in [-0.05, 0) is 44.2 Å². The normalized spacial score (nSPS) is 39.9. The Labute approximate surface area is 74.2 Å². The SMILES string of the molecule is NCCC1CNC2CC=CCC12. The van der Waals surface area contributed by atoms with Crippen molar-refractivity contribution in [2.45, 2.75) is 25.3 Å². The number of fused-ring (bicyclic) bond motifs is 1. The number of hydrogen-bond acceptors (Lipinski definition) is 2. The van der Waals surface area contributed by atoms with Crippen LogP contribution in [0.3, 0.4) is 0 Å². The number of nitrogens with one attached hydrogen (secondary N) is 1. The fourth-order valence-electron chi connectivity index (χ4n) is 2.58. The van der Waals surface area contributed by atoms with E-state index >= 15 is 0 Å². The molecule has 68 valence electrons. The molecule has 3 atom stereocenters. The van der Waals surface area contributed by atoms with Crippen molar-refractivity contribution in [3.05, 3.63) is 12.2 Å². The van der Waals surface area contributed by atoms with E-state index in [-0.39, 0.29) is 0 Å². The third-order valence-corrected chi connectivity index (χ3v) is 3.27. The highest BCUT2D eigenvalue weighted by molar-refractivity contribution is 5.03. The summed E-state index contributed by atoms with van der Waals surface area (Å²) in [7, 11) is 0. The molecule has 0 amide bonds. The molecule has 2 rings (SSSR count). The molecule has 0 aromatic rings. The van der Waals surface area contributed by atoms with Crippen molar-refractivity contribution < 1.29 is 0 Å². The van der Waals surface area contributed by atoms with Crippen LogP contribution >= 0.6 is 0 Å². The third kappa shape index (κ3) is 1.41. The molecular weight excluding hydrogens is 148 g/mol. The molecule has 1 heterocycles. The lowest BCUT2D eigenvalue weighted by atomic mass is 9.82. The van der Waals surface area contributed by atoms with E-state index in [9.17, 15) is 0 Å². The fourth-order valence-corrected chi connectivity index (χ4v) is 2.58. The summed E-state index contributed by atoms with van der Waals surface area (Å²) in [6.45, 7) is 2.04. The summed E-state index contributed by atoms with van der Waals surface area (Å²) in [5.41, 5.74) is 5.58. The van der Waals surface area contributed by atoms with Crippen molar-refractivity contribution in [2.75, 3.05) is 13.1 Å². The van der Waals surface area contributed by atoms with E-state index in [4.69, 9.17) is 5.73 Å². The Morgan fingerprint density at radius 2 is 2.17 bits per heavy atom. The van der Waals surface area contributed by atoms with Crippen LogP contribution in [-0.2, 0) is 0 Å². The highest BCUT2D eigenvalue weighted by atomic mass is 15.0. The molecule has 3 unspecified atom stereocenters. The van der Waals surface area contributed by atoms with E-state index in [2.05, 4.69) is 17.5 Å². The lowest BCUT2D eigenvalue weighted by Crippen LogP contribution is -2.28. The molecular formula is C10H18N2. The number of nitrogens with two attached hydrogens (primary N) is 1. The van der Waals surface area contributed by atoms with Gasteiger partial charge in [0.15, 0.2) is 0 Å². The Bertz CT molecular complexity index is 177. The first kappa shape index (κ1) is 8.27. The van der Waals surface area contributed by atoms with Gasteiger partial charge in [0, 0.05) is 6.04 Å². The molecule has 0 aromatic heterocycles. The van der Waals surface area contributed by atoms with Gasteiger partial charge >= 0.3 is 0 Å². The van der Waals surface area contributed by atoms with E-state index in [1.54, 1.807) is 0 Å². The van der Waals surface area contributed by atoms with Crippen LogP contribution in [-0.4, -0.2) is 19.1 Å². The first-order valence-corrected chi connectivity index (χ1v) is 5.00. The summed E-state index contributed by atoms with van der Waals surface area (Å²) in [6, 6.07) is 0.756. The van der Waals surface area contributed by atoms with Gasteiger partial charge in [-0.1, -0.05) is 12.2 Å². The van der Waals surface area contributed by atoms with E-state index in [0.29, 0.717) is 0 Å². The highest BCUT2D eigenvalue weighted by Crippen LogP contribution is 2.32. The van der Waals surface area contributed by atoms with Gasteiger partial charge in [0.1, 0.15) is 0 Å². The van der Waals surface area contributed by atoms with E-state index < -0.39 is 0 Å². The molecule has 1 saturated heterocycles. The van der Waals surface area contributed by atoms with Gasteiger partial charge in [-0.25, -0.2) is 0 Å². The van der Waals surface area contributed by atoms with Crippen molar-refractivity contribution in [3.8, 4) is 0 Å². The molecule has 1 fully saturated rings. The summed E-state index contributed by atoms with van der Waals surface area (Å²) in [5.74, 6) is 1.71. The van der Waals surface area contributed by atoms with Gasteiger partial charge in [0.25, 0.3) is 0 Å². The smallest absolute Gasteiger partial charge is 0.0136 e. The second-order valence-electron chi connectivity index (χ2n) is 3.96. The Morgan fingerprint density at radius 3 is 3.00 bits per heavy atom. The first-order chi connectivity index (χ1) is 5.92. The van der Waals surface area contributed by atoms with Crippen molar-refractivity contribution in [1.82, 2.24) is 5.32 Å². The van der Waals surface area contributed by atoms with Crippen LogP contribution in [0.15, 0.2) is 12.2 Å². The Morgan fingerprint density at radius 1 is 1.33 bits per heavy atom. The zero-order chi connectivity index (χ0) is 8.39. The summed E-state index contributed by atoms with van der Waals surface area (Å²) in [6.07, 6.45) is 8.33. The maximum atomic E-state index is 5.58. The zero-order valence-electron chi connectivity index (χ0n) is 7.50. The lowest BCUT2D eigenvalue weighted by molar-refractivity contribution is 0.342. The lowest BCUT2D eigenvalue weighted by Gasteiger charge is -2.24. The number of rotatable bonds is 2. The van der Waals surface area contributed by atoms with Crippen LogP contribution in [0.25, 0.3) is 0 Å². The van der Waals surface area contributed by atoms with E-state index in [1.165, 1.54) is 25.8 Å². The van der Waals surface area contributed by atoms with Crippen molar-refractivity contribution in [2.24, 2.45) is 17.6 Å². The molecule has 0 saturated carbocycles. The Kier molecular flexibility index (Phi) is 2.47. The monoisotopic (exact) mass is 166 g/mol. The summed E-state index contributed by atoms with van der Waals surface area (Å²) in [5, 5.41) is 3.59. The highest BCUT2D eigenvalue weighted by Gasteiger charge is 2.34. The van der Waals surface area contributed by atoms with Gasteiger partial charge in [-0.15, -0.1) is 0 Å². The molecule has 0 radical (unpaired) electrons. The standard InChI is InChI=1S/C10H18N2/c11-6-5-8-7-12-10-4-2-1-3-9(8)10/h1-2,8-10,12H,3-7,11H2. The second-order valence-corrected chi connectivity index (χ2v) is 3.96. The Hall–Kier alpha value is -0.340. The largest absolute Gasteiger partial charge is 0.330 e. The molecule has 2 nitrogen and oxygen atoms in total. The predicted octanol–water partition coefficient (Wildman–Crippen LogP) is 0.889. The maximum Gasteiger partial charge on any atom is 0.0136 e. The van der Waals surface area contributed by atoms with Gasteiger partial charge < -0.3 is 11.1 Å². The van der Waals surface area contributed by atoms with Crippen molar-refractivity contribution >= 4 is 0 Å². The van der Waals surface area contributed by atoms with Gasteiger partial charge in [-0.2, -0.15) is 0 Å². The topological polar surface area (TPSA) is 38.0 Å². The minimum absolute atomic E-state index is 0.756. The van der Waals surface area contributed by atoms with Gasteiger partial charge in [0.05, 0.1) is 0 Å². The second kappa shape index (κ2) is 3.58. The van der Waals surface area contributed by atoms with E-state index in [1.807, 2.05) is 0 Å². The Balaban J connectivity index is 1.97. The third-order valence-electron chi connectivity index (χ3n) is 3.27. The minimum atomic E-state index is 0.756. The molecule has 0 spiro atoms. The van der Waals surface area contributed by atoms with Crippen LogP contribution in [0.1, 0.15) is 19.3 Å². The predicted molar refractivity (Wildman–Crippen MR) is 50.8 cm³/mol. The van der Waals surface area contributed by atoms with Gasteiger partial charge in [0.2, 0.25) is 0 Å². The summed E-state index contributed by atoms with van der Waals surface area (Å²) < 4.78 is 0. The first-order valence-electron chi connectivity index (χ1n) is 5.00. The fraction of sp³-hybridized carbons (Fsp3) is 0.800. The number of hydrogen-bond donors (Lipinski definition) is 2. The average Bonchev–Trinajstić information content (AvgIpc) is 2.50. The molecule has 0 aromatic carbocycles. The summed E-state index contributed by atoms with van der Waals surface area (Å²) in [4.78, 5) is 0. The molecule has 12 heavy (non-hydrogen) atoms.